The Bertz CT molecular complexity index is 1250. The number of benzene rings is 2. The van der Waals surface area contributed by atoms with Gasteiger partial charge in [-0.1, -0.05) is 255 Å². The molecule has 2 heteroatoms. The second-order valence-corrected chi connectivity index (χ2v) is 17.7. The maximum atomic E-state index is 2.60. The smallest absolute Gasteiger partial charge is 0.237 e. The van der Waals surface area contributed by atoms with Crippen molar-refractivity contribution in [2.24, 2.45) is 0 Å². The molecule has 2 aromatic carbocycles. The highest BCUT2D eigenvalue weighted by Gasteiger charge is 2.40. The van der Waals surface area contributed by atoms with Gasteiger partial charge in [0, 0.05) is 5.41 Å². The van der Waals surface area contributed by atoms with Crippen molar-refractivity contribution < 1.29 is 4.57 Å². The predicted octanol–water partition coefficient (Wildman–Crippen LogP) is 16.7. The lowest BCUT2D eigenvalue weighted by Gasteiger charge is -2.37. The number of aromatic nitrogens is 2. The number of hydrogen-bond donors (Lipinski definition) is 0. The van der Waals surface area contributed by atoms with Crippen molar-refractivity contribution in [2.45, 2.75) is 244 Å². The van der Waals surface area contributed by atoms with Gasteiger partial charge in [-0.05, 0) is 43.2 Å². The van der Waals surface area contributed by atoms with Crippen molar-refractivity contribution in [2.75, 3.05) is 0 Å². The Hall–Kier alpha value is -2.35. The van der Waals surface area contributed by atoms with Crippen LogP contribution in [0.1, 0.15) is 237 Å². The van der Waals surface area contributed by atoms with Crippen LogP contribution in [0.5, 0.6) is 0 Å². The van der Waals surface area contributed by atoms with Crippen LogP contribution in [0.4, 0.5) is 0 Å². The van der Waals surface area contributed by atoms with Crippen LogP contribution in [0.2, 0.25) is 0 Å². The van der Waals surface area contributed by atoms with E-state index in [1.165, 1.54) is 210 Å². The quantitative estimate of drug-likeness (QED) is 0.0409. The third kappa shape index (κ3) is 21.1. The van der Waals surface area contributed by atoms with E-state index in [9.17, 15) is 0 Å². The lowest BCUT2D eigenvalue weighted by Crippen LogP contribution is -2.38. The van der Waals surface area contributed by atoms with Gasteiger partial charge in [0.15, 0.2) is 0 Å². The van der Waals surface area contributed by atoms with E-state index in [0.717, 1.165) is 13.0 Å². The Labute approximate surface area is 342 Å². The molecule has 55 heavy (non-hydrogen) atoms. The number of hydrogen-bond acceptors (Lipinski definition) is 0. The molecular weight excluding hydrogens is 665 g/mol. The molecule has 1 heterocycles. The zero-order chi connectivity index (χ0) is 38.9. The maximum absolute atomic E-state index is 2.60. The Morgan fingerprint density at radius 2 is 0.855 bits per heavy atom. The summed E-state index contributed by atoms with van der Waals surface area (Å²) in [6.45, 7) is 8.30. The minimum absolute atomic E-state index is 0.00421. The van der Waals surface area contributed by atoms with Crippen molar-refractivity contribution in [1.29, 1.82) is 0 Å². The fraction of sp³-hybridized carbons (Fsp3) is 0.717. The van der Waals surface area contributed by atoms with Gasteiger partial charge in [0.25, 0.3) is 0 Å². The molecule has 0 aliphatic heterocycles. The van der Waals surface area contributed by atoms with Crippen LogP contribution in [0, 0.1) is 0 Å². The van der Waals surface area contributed by atoms with Gasteiger partial charge in [-0.25, -0.2) is 9.13 Å². The normalized spacial score (nSPS) is 13.3. The van der Waals surface area contributed by atoms with E-state index in [1.807, 2.05) is 0 Å². The molecule has 0 radical (unpaired) electrons. The third-order valence-corrected chi connectivity index (χ3v) is 12.8. The average molecular weight is 754 g/mol. The standard InChI is InChI=1S/C53H89N2/c1-4-6-8-10-12-14-16-18-20-21-23-25-27-29-31-39-45-54-46-47-55(49-54)52(44-38-30-28-26-24-22-19-17-15-13-11-9-7-5-2)53(3,51-42-36-33-37-43-51)48-50-40-34-32-35-41-50/h32-37,40-43,46-47,49,52H,4-31,38-39,44-45,48H2,1-3H3/q+1. The van der Waals surface area contributed by atoms with Gasteiger partial charge in [-0.3, -0.25) is 0 Å². The summed E-state index contributed by atoms with van der Waals surface area (Å²) in [5.74, 6) is 0. The lowest BCUT2D eigenvalue weighted by molar-refractivity contribution is -0.697. The van der Waals surface area contributed by atoms with Crippen molar-refractivity contribution >= 4 is 0 Å². The van der Waals surface area contributed by atoms with E-state index < -0.39 is 0 Å². The molecule has 2 nitrogen and oxygen atoms in total. The summed E-state index contributed by atoms with van der Waals surface area (Å²) in [5, 5.41) is 0. The molecule has 3 rings (SSSR count). The number of nitrogens with zero attached hydrogens (tertiary/aromatic N) is 2. The molecule has 0 N–H and O–H groups in total. The van der Waals surface area contributed by atoms with Crippen LogP contribution in [-0.4, -0.2) is 4.57 Å². The topological polar surface area (TPSA) is 8.81 Å². The zero-order valence-electron chi connectivity index (χ0n) is 36.8. The summed E-state index contributed by atoms with van der Waals surface area (Å²) in [6, 6.07) is 23.1. The Kier molecular flexibility index (Phi) is 27.1. The van der Waals surface area contributed by atoms with Crippen molar-refractivity contribution in [1.82, 2.24) is 4.57 Å². The Balaban J connectivity index is 1.43. The van der Waals surface area contributed by atoms with Gasteiger partial charge in [0.05, 0.1) is 6.54 Å². The van der Waals surface area contributed by atoms with Crippen molar-refractivity contribution in [3.8, 4) is 0 Å². The summed E-state index contributed by atoms with van der Waals surface area (Å²) in [6.07, 6.45) is 52.0. The van der Waals surface area contributed by atoms with Gasteiger partial charge in [-0.15, -0.1) is 0 Å². The second-order valence-electron chi connectivity index (χ2n) is 17.7. The molecule has 0 fully saturated rings. The van der Waals surface area contributed by atoms with Crippen LogP contribution < -0.4 is 4.57 Å². The molecule has 0 saturated heterocycles. The number of unbranched alkanes of at least 4 members (excludes halogenated alkanes) is 28. The first-order valence-corrected chi connectivity index (χ1v) is 24.3. The van der Waals surface area contributed by atoms with E-state index >= 15 is 0 Å². The van der Waals surface area contributed by atoms with Gasteiger partial charge in [0.2, 0.25) is 6.33 Å². The fourth-order valence-corrected chi connectivity index (χ4v) is 9.15. The van der Waals surface area contributed by atoms with Crippen molar-refractivity contribution in [3.63, 3.8) is 0 Å². The molecular formula is C53H89N2+. The minimum atomic E-state index is 0.00421. The van der Waals surface area contributed by atoms with Crippen molar-refractivity contribution in [3.05, 3.63) is 90.5 Å². The number of imidazole rings is 1. The fourth-order valence-electron chi connectivity index (χ4n) is 9.15. The van der Waals surface area contributed by atoms with Gasteiger partial charge in [-0.2, -0.15) is 0 Å². The first kappa shape index (κ1) is 47.0. The zero-order valence-corrected chi connectivity index (χ0v) is 36.8. The average Bonchev–Trinajstić information content (AvgIpc) is 3.68. The van der Waals surface area contributed by atoms with Crippen LogP contribution in [0.25, 0.3) is 0 Å². The Morgan fingerprint density at radius 3 is 1.29 bits per heavy atom. The second kappa shape index (κ2) is 31.7. The molecule has 3 aromatic rings. The number of rotatable bonds is 37. The third-order valence-electron chi connectivity index (χ3n) is 12.8. The molecule has 2 atom stereocenters. The van der Waals surface area contributed by atoms with E-state index in [1.54, 1.807) is 0 Å². The lowest BCUT2D eigenvalue weighted by atomic mass is 9.70. The monoisotopic (exact) mass is 754 g/mol. The summed E-state index contributed by atoms with van der Waals surface area (Å²) in [4.78, 5) is 0. The van der Waals surface area contributed by atoms with Gasteiger partial charge in [0.1, 0.15) is 18.4 Å². The van der Waals surface area contributed by atoms with Crippen LogP contribution >= 0.6 is 0 Å². The SMILES string of the molecule is CCCCCCCCCCCCCCCCCC[n+]1ccn(C(CCCCCCCCCCCCCCCC)C(C)(Cc2ccccc2)c2ccccc2)c1. The molecule has 0 saturated carbocycles. The number of aryl methyl sites for hydroxylation is 1. The van der Waals surface area contributed by atoms with Crippen LogP contribution in [0.3, 0.4) is 0 Å². The molecule has 310 valence electrons. The largest absolute Gasteiger partial charge is 0.244 e. The van der Waals surface area contributed by atoms with Gasteiger partial charge < -0.3 is 0 Å². The Morgan fingerprint density at radius 1 is 0.473 bits per heavy atom. The van der Waals surface area contributed by atoms with E-state index in [-0.39, 0.29) is 5.41 Å². The first-order chi connectivity index (χ1) is 27.2. The molecule has 0 bridgehead atoms. The highest BCUT2D eigenvalue weighted by Crippen LogP contribution is 2.41. The van der Waals surface area contributed by atoms with E-state index in [0.29, 0.717) is 6.04 Å². The highest BCUT2D eigenvalue weighted by atomic mass is 15.1. The van der Waals surface area contributed by atoms with Crippen LogP contribution in [0.15, 0.2) is 79.4 Å². The van der Waals surface area contributed by atoms with Gasteiger partial charge >= 0.3 is 0 Å². The molecule has 1 aromatic heterocycles. The summed E-state index contributed by atoms with van der Waals surface area (Å²) in [5.41, 5.74) is 2.91. The molecule has 0 aliphatic carbocycles. The summed E-state index contributed by atoms with van der Waals surface area (Å²) >= 11 is 0. The van der Waals surface area contributed by atoms with Crippen LogP contribution in [-0.2, 0) is 18.4 Å². The molecule has 0 spiro atoms. The molecule has 2 unspecified atom stereocenters. The molecule has 0 aliphatic rings. The molecule has 0 amide bonds. The summed E-state index contributed by atoms with van der Waals surface area (Å²) < 4.78 is 5.08. The highest BCUT2D eigenvalue weighted by molar-refractivity contribution is 5.30. The summed E-state index contributed by atoms with van der Waals surface area (Å²) in [7, 11) is 0. The maximum Gasteiger partial charge on any atom is 0.244 e. The predicted molar refractivity (Wildman–Crippen MR) is 242 cm³/mol. The van der Waals surface area contributed by atoms with E-state index in [2.05, 4.69) is 109 Å². The first-order valence-electron chi connectivity index (χ1n) is 24.3. The minimum Gasteiger partial charge on any atom is -0.237 e. The van der Waals surface area contributed by atoms with E-state index in [4.69, 9.17) is 0 Å².